The van der Waals surface area contributed by atoms with Crippen LogP contribution in [0.3, 0.4) is 0 Å². The lowest BCUT2D eigenvalue weighted by molar-refractivity contribution is 0.579. The molecule has 0 saturated carbocycles. The van der Waals surface area contributed by atoms with Crippen LogP contribution in [0.2, 0.25) is 0 Å². The number of rotatable bonds is 4. The molecule has 1 aliphatic carbocycles. The van der Waals surface area contributed by atoms with E-state index in [4.69, 9.17) is 0 Å². The molecule has 3 rings (SSSR count). The maximum Gasteiger partial charge on any atom is 0.240 e. The number of hydrogen-bond donors (Lipinski definition) is 2. The number of benzene rings is 1. The summed E-state index contributed by atoms with van der Waals surface area (Å²) < 4.78 is 26.8. The molecule has 0 amide bonds. The van der Waals surface area contributed by atoms with E-state index in [-0.39, 0.29) is 11.4 Å². The average Bonchev–Trinajstić information content (AvgIpc) is 2.89. The number of hydrogen-bond acceptors (Lipinski definition) is 3. The lowest BCUT2D eigenvalue weighted by Gasteiger charge is -2.07. The minimum absolute atomic E-state index is 0.199. The number of aromatic amines is 1. The van der Waals surface area contributed by atoms with Crippen LogP contribution in [-0.2, 0) is 29.4 Å². The van der Waals surface area contributed by atoms with Crippen LogP contribution < -0.4 is 4.72 Å². The first-order valence-electron chi connectivity index (χ1n) is 6.76. The molecule has 0 bridgehead atoms. The van der Waals surface area contributed by atoms with Crippen LogP contribution in [0, 0.1) is 0 Å². The molecule has 2 aromatic rings. The molecule has 5 nitrogen and oxygen atoms in total. The zero-order valence-corrected chi connectivity index (χ0v) is 11.9. The highest BCUT2D eigenvalue weighted by molar-refractivity contribution is 7.89. The van der Waals surface area contributed by atoms with Gasteiger partial charge < -0.3 is 4.98 Å². The normalized spacial score (nSPS) is 15.0. The molecular weight excluding hydrogens is 274 g/mol. The Bertz CT molecular complexity index is 669. The van der Waals surface area contributed by atoms with Crippen molar-refractivity contribution in [3.05, 3.63) is 47.5 Å². The summed E-state index contributed by atoms with van der Waals surface area (Å²) in [6, 6.07) is 8.37. The van der Waals surface area contributed by atoms with Crippen LogP contribution >= 0.6 is 0 Å². The van der Waals surface area contributed by atoms with Crippen molar-refractivity contribution in [2.24, 2.45) is 0 Å². The van der Waals surface area contributed by atoms with Crippen molar-refractivity contribution in [3.8, 4) is 0 Å². The predicted molar refractivity (Wildman–Crippen MR) is 75.7 cm³/mol. The van der Waals surface area contributed by atoms with E-state index in [1.54, 1.807) is 30.3 Å². The fraction of sp³-hybridized carbons (Fsp3) is 0.357. The minimum Gasteiger partial charge on any atom is -0.345 e. The molecule has 1 heterocycles. The van der Waals surface area contributed by atoms with Crippen molar-refractivity contribution in [1.29, 1.82) is 0 Å². The molecule has 20 heavy (non-hydrogen) atoms. The Hall–Kier alpha value is -1.66. The van der Waals surface area contributed by atoms with E-state index in [2.05, 4.69) is 14.7 Å². The highest BCUT2D eigenvalue weighted by Gasteiger charge is 2.17. The van der Waals surface area contributed by atoms with Crippen LogP contribution in [-0.4, -0.2) is 18.4 Å². The van der Waals surface area contributed by atoms with E-state index in [1.807, 2.05) is 0 Å². The van der Waals surface area contributed by atoms with E-state index in [0.717, 1.165) is 30.7 Å². The van der Waals surface area contributed by atoms with Crippen LogP contribution in [0.25, 0.3) is 0 Å². The van der Waals surface area contributed by atoms with Gasteiger partial charge in [0.1, 0.15) is 5.82 Å². The molecule has 0 saturated heterocycles. The van der Waals surface area contributed by atoms with Crippen molar-refractivity contribution in [3.63, 3.8) is 0 Å². The first kappa shape index (κ1) is 13.3. The van der Waals surface area contributed by atoms with Gasteiger partial charge in [0.2, 0.25) is 10.0 Å². The summed E-state index contributed by atoms with van der Waals surface area (Å²) in [7, 11) is -3.47. The smallest absolute Gasteiger partial charge is 0.240 e. The zero-order chi connectivity index (χ0) is 14.0. The molecule has 1 aromatic carbocycles. The largest absolute Gasteiger partial charge is 0.345 e. The molecule has 0 atom stereocenters. The predicted octanol–water partition coefficient (Wildman–Crippen LogP) is 1.77. The second kappa shape index (κ2) is 5.38. The summed E-state index contributed by atoms with van der Waals surface area (Å²) in [6.07, 6.45) is 4.32. The van der Waals surface area contributed by atoms with Gasteiger partial charge in [-0.15, -0.1) is 0 Å². The topological polar surface area (TPSA) is 74.8 Å². The van der Waals surface area contributed by atoms with Crippen molar-refractivity contribution in [2.75, 3.05) is 0 Å². The Morgan fingerprint density at radius 1 is 1.15 bits per heavy atom. The van der Waals surface area contributed by atoms with Crippen molar-refractivity contribution in [1.82, 2.24) is 14.7 Å². The van der Waals surface area contributed by atoms with Gasteiger partial charge in [-0.1, -0.05) is 18.2 Å². The van der Waals surface area contributed by atoms with E-state index < -0.39 is 10.0 Å². The summed E-state index contributed by atoms with van der Waals surface area (Å²) in [5.41, 5.74) is 2.25. The minimum atomic E-state index is -3.47. The average molecular weight is 291 g/mol. The third kappa shape index (κ3) is 2.76. The fourth-order valence-electron chi connectivity index (χ4n) is 2.44. The molecule has 0 unspecified atom stereocenters. The number of imidazole rings is 1. The number of aryl methyl sites for hydroxylation is 2. The fourth-order valence-corrected chi connectivity index (χ4v) is 3.45. The van der Waals surface area contributed by atoms with Gasteiger partial charge >= 0.3 is 0 Å². The van der Waals surface area contributed by atoms with Gasteiger partial charge in [0.15, 0.2) is 0 Å². The SMILES string of the molecule is O=S(=O)(NCc1nc2c([nH]1)CCCC2)c1ccccc1. The van der Waals surface area contributed by atoms with Crippen molar-refractivity contribution in [2.45, 2.75) is 37.1 Å². The lowest BCUT2D eigenvalue weighted by atomic mass is 10.0. The second-order valence-corrected chi connectivity index (χ2v) is 6.72. The third-order valence-electron chi connectivity index (χ3n) is 3.49. The van der Waals surface area contributed by atoms with Crippen molar-refractivity contribution < 1.29 is 8.42 Å². The Kier molecular flexibility index (Phi) is 3.58. The molecule has 1 aromatic heterocycles. The van der Waals surface area contributed by atoms with Gasteiger partial charge in [-0.25, -0.2) is 18.1 Å². The number of sulfonamides is 1. The van der Waals surface area contributed by atoms with E-state index >= 15 is 0 Å². The summed E-state index contributed by atoms with van der Waals surface area (Å²) >= 11 is 0. The molecule has 6 heteroatoms. The summed E-state index contributed by atoms with van der Waals surface area (Å²) in [5, 5.41) is 0. The molecule has 0 aliphatic heterocycles. The van der Waals surface area contributed by atoms with Gasteiger partial charge in [-0.3, -0.25) is 0 Å². The van der Waals surface area contributed by atoms with Gasteiger partial charge in [0.05, 0.1) is 17.1 Å². The molecule has 2 N–H and O–H groups in total. The lowest BCUT2D eigenvalue weighted by Crippen LogP contribution is -2.23. The quantitative estimate of drug-likeness (QED) is 0.901. The molecule has 106 valence electrons. The number of fused-ring (bicyclic) bond motifs is 1. The van der Waals surface area contributed by atoms with Gasteiger partial charge in [-0.05, 0) is 37.8 Å². The van der Waals surface area contributed by atoms with Crippen LogP contribution in [0.4, 0.5) is 0 Å². The standard InChI is InChI=1S/C14H17N3O2S/c18-20(19,11-6-2-1-3-7-11)15-10-14-16-12-8-4-5-9-13(12)17-14/h1-3,6-7,15H,4-5,8-10H2,(H,16,17). The van der Waals surface area contributed by atoms with Crippen LogP contribution in [0.1, 0.15) is 30.1 Å². The Labute approximate surface area is 118 Å². The first-order chi connectivity index (χ1) is 9.65. The van der Waals surface area contributed by atoms with Gasteiger partial charge in [-0.2, -0.15) is 0 Å². The molecular formula is C14H17N3O2S. The van der Waals surface area contributed by atoms with Crippen LogP contribution in [0.15, 0.2) is 35.2 Å². The molecule has 0 spiro atoms. The highest BCUT2D eigenvalue weighted by atomic mass is 32.2. The van der Waals surface area contributed by atoms with E-state index in [9.17, 15) is 8.42 Å². The zero-order valence-electron chi connectivity index (χ0n) is 11.1. The van der Waals surface area contributed by atoms with Crippen LogP contribution in [0.5, 0.6) is 0 Å². The third-order valence-corrected chi connectivity index (χ3v) is 4.90. The number of H-pyrrole nitrogens is 1. The number of nitrogens with zero attached hydrogens (tertiary/aromatic N) is 1. The number of nitrogens with one attached hydrogen (secondary N) is 2. The van der Waals surface area contributed by atoms with E-state index in [0.29, 0.717) is 5.82 Å². The highest BCUT2D eigenvalue weighted by Crippen LogP contribution is 2.18. The Balaban J connectivity index is 1.72. The Morgan fingerprint density at radius 2 is 1.90 bits per heavy atom. The van der Waals surface area contributed by atoms with Crippen molar-refractivity contribution >= 4 is 10.0 Å². The maximum absolute atomic E-state index is 12.1. The summed E-state index contributed by atoms with van der Waals surface area (Å²) in [5.74, 6) is 0.691. The number of aromatic nitrogens is 2. The van der Waals surface area contributed by atoms with Gasteiger partial charge in [0.25, 0.3) is 0 Å². The summed E-state index contributed by atoms with van der Waals surface area (Å²) in [4.78, 5) is 7.96. The Morgan fingerprint density at radius 3 is 2.65 bits per heavy atom. The first-order valence-corrected chi connectivity index (χ1v) is 8.25. The van der Waals surface area contributed by atoms with E-state index in [1.165, 1.54) is 6.42 Å². The second-order valence-electron chi connectivity index (χ2n) is 4.95. The van der Waals surface area contributed by atoms with Gasteiger partial charge in [0, 0.05) is 5.69 Å². The molecule has 1 aliphatic rings. The monoisotopic (exact) mass is 291 g/mol. The maximum atomic E-state index is 12.1. The molecule has 0 fully saturated rings. The summed E-state index contributed by atoms with van der Waals surface area (Å²) in [6.45, 7) is 0.199. The molecule has 0 radical (unpaired) electrons.